The topological polar surface area (TPSA) is 46.5 Å². The van der Waals surface area contributed by atoms with Gasteiger partial charge in [0.05, 0.1) is 12.5 Å². The molecule has 2 rings (SSSR count). The van der Waals surface area contributed by atoms with Crippen LogP contribution in [0.4, 0.5) is 0 Å². The van der Waals surface area contributed by atoms with Gasteiger partial charge in [-0.15, -0.1) is 0 Å². The Balaban J connectivity index is 2.57. The number of methoxy groups -OCH3 is 1. The second-order valence-corrected chi connectivity index (χ2v) is 4.12. The summed E-state index contributed by atoms with van der Waals surface area (Å²) in [5.41, 5.74) is 1.20. The first-order valence-electron chi connectivity index (χ1n) is 4.99. The molecule has 3 nitrogen and oxygen atoms in total. The zero-order valence-electron chi connectivity index (χ0n) is 8.91. The summed E-state index contributed by atoms with van der Waals surface area (Å²) < 4.78 is 5.24. The van der Waals surface area contributed by atoms with E-state index in [1.165, 1.54) is 0 Å². The van der Waals surface area contributed by atoms with E-state index < -0.39 is 11.4 Å². The summed E-state index contributed by atoms with van der Waals surface area (Å²) in [5.74, 6) is 0.0481. The average Bonchev–Trinajstić information content (AvgIpc) is 2.58. The minimum absolute atomic E-state index is 0.651. The number of ether oxygens (including phenoxy) is 1. The van der Waals surface area contributed by atoms with Crippen LogP contribution in [-0.2, 0) is 16.6 Å². The SMILES string of the molecule is COc1cccc2c1CC[C@@]2(C)C(=O)O. The predicted molar refractivity (Wildman–Crippen MR) is 56.3 cm³/mol. The molecule has 0 saturated carbocycles. The number of carbonyl (C=O) groups is 1. The second-order valence-electron chi connectivity index (χ2n) is 4.12. The number of hydrogen-bond acceptors (Lipinski definition) is 2. The summed E-state index contributed by atoms with van der Waals surface area (Å²) in [5, 5.41) is 9.24. The molecular weight excluding hydrogens is 192 g/mol. The van der Waals surface area contributed by atoms with E-state index in [4.69, 9.17) is 4.74 Å². The van der Waals surface area contributed by atoms with E-state index in [0.29, 0.717) is 6.42 Å². The van der Waals surface area contributed by atoms with Gasteiger partial charge in [0.2, 0.25) is 0 Å². The normalized spacial score (nSPS) is 23.6. The van der Waals surface area contributed by atoms with Crippen LogP contribution in [0.5, 0.6) is 5.75 Å². The van der Waals surface area contributed by atoms with Gasteiger partial charge in [0.25, 0.3) is 0 Å². The molecule has 15 heavy (non-hydrogen) atoms. The Hall–Kier alpha value is -1.51. The maximum Gasteiger partial charge on any atom is 0.313 e. The highest BCUT2D eigenvalue weighted by Crippen LogP contribution is 2.42. The van der Waals surface area contributed by atoms with Gasteiger partial charge in [0, 0.05) is 0 Å². The number of carboxylic acid groups (broad SMARTS) is 1. The van der Waals surface area contributed by atoms with Gasteiger partial charge in [0.15, 0.2) is 0 Å². The van der Waals surface area contributed by atoms with Crippen LogP contribution in [0.2, 0.25) is 0 Å². The third kappa shape index (κ3) is 1.30. The van der Waals surface area contributed by atoms with Gasteiger partial charge < -0.3 is 9.84 Å². The molecule has 0 fully saturated rings. The maximum atomic E-state index is 11.2. The molecule has 1 N–H and O–H groups in total. The molecular formula is C12H14O3. The summed E-state index contributed by atoms with van der Waals surface area (Å²) in [6, 6.07) is 5.62. The monoisotopic (exact) mass is 206 g/mol. The van der Waals surface area contributed by atoms with Crippen LogP contribution in [-0.4, -0.2) is 18.2 Å². The van der Waals surface area contributed by atoms with Crippen molar-refractivity contribution < 1.29 is 14.6 Å². The Kier molecular flexibility index (Phi) is 2.18. The first-order chi connectivity index (χ1) is 7.09. The minimum Gasteiger partial charge on any atom is -0.496 e. The standard InChI is InChI=1S/C12H14O3/c1-12(11(13)14)7-6-8-9(12)4-3-5-10(8)15-2/h3-5H,6-7H2,1-2H3,(H,13,14)/t12-/m1/s1. The molecule has 0 unspecified atom stereocenters. The molecule has 3 heteroatoms. The van der Waals surface area contributed by atoms with E-state index >= 15 is 0 Å². The van der Waals surface area contributed by atoms with Crippen molar-refractivity contribution in [2.75, 3.05) is 7.11 Å². The number of carboxylic acids is 1. The molecule has 0 amide bonds. The van der Waals surface area contributed by atoms with Crippen LogP contribution in [0.15, 0.2) is 18.2 Å². The Bertz CT molecular complexity index is 411. The number of fused-ring (bicyclic) bond motifs is 1. The molecule has 0 bridgehead atoms. The largest absolute Gasteiger partial charge is 0.496 e. The summed E-state index contributed by atoms with van der Waals surface area (Å²) in [6.45, 7) is 1.78. The van der Waals surface area contributed by atoms with Crippen LogP contribution < -0.4 is 4.74 Å². The summed E-state index contributed by atoms with van der Waals surface area (Å²) >= 11 is 0. The molecule has 0 aliphatic heterocycles. The zero-order chi connectivity index (χ0) is 11.1. The third-order valence-corrected chi connectivity index (χ3v) is 3.29. The maximum absolute atomic E-state index is 11.2. The van der Waals surface area contributed by atoms with E-state index in [9.17, 15) is 9.90 Å². The van der Waals surface area contributed by atoms with Crippen molar-refractivity contribution in [1.29, 1.82) is 0 Å². The van der Waals surface area contributed by atoms with E-state index in [0.717, 1.165) is 23.3 Å². The Labute approximate surface area is 88.7 Å². The van der Waals surface area contributed by atoms with Gasteiger partial charge >= 0.3 is 5.97 Å². The fourth-order valence-corrected chi connectivity index (χ4v) is 2.26. The lowest BCUT2D eigenvalue weighted by atomic mass is 9.84. The zero-order valence-corrected chi connectivity index (χ0v) is 8.91. The fraction of sp³-hybridized carbons (Fsp3) is 0.417. The number of rotatable bonds is 2. The first-order valence-corrected chi connectivity index (χ1v) is 4.99. The molecule has 1 aromatic rings. The van der Waals surface area contributed by atoms with Gasteiger partial charge in [-0.2, -0.15) is 0 Å². The van der Waals surface area contributed by atoms with Crippen LogP contribution in [0.3, 0.4) is 0 Å². The van der Waals surface area contributed by atoms with Gasteiger partial charge in [-0.05, 0) is 37.0 Å². The molecule has 0 radical (unpaired) electrons. The van der Waals surface area contributed by atoms with Crippen molar-refractivity contribution in [1.82, 2.24) is 0 Å². The molecule has 1 aromatic carbocycles. The van der Waals surface area contributed by atoms with Gasteiger partial charge in [0.1, 0.15) is 5.75 Å². The number of benzene rings is 1. The van der Waals surface area contributed by atoms with Crippen molar-refractivity contribution in [2.24, 2.45) is 0 Å². The van der Waals surface area contributed by atoms with E-state index in [1.807, 2.05) is 18.2 Å². The van der Waals surface area contributed by atoms with Crippen LogP contribution in [0, 0.1) is 0 Å². The molecule has 0 spiro atoms. The fourth-order valence-electron chi connectivity index (χ4n) is 2.26. The number of aliphatic carboxylic acids is 1. The van der Waals surface area contributed by atoms with Crippen LogP contribution in [0.1, 0.15) is 24.5 Å². The average molecular weight is 206 g/mol. The Morgan fingerprint density at radius 3 is 2.87 bits per heavy atom. The van der Waals surface area contributed by atoms with Crippen molar-refractivity contribution in [3.8, 4) is 5.75 Å². The van der Waals surface area contributed by atoms with Gasteiger partial charge in [-0.3, -0.25) is 4.79 Å². The highest BCUT2D eigenvalue weighted by molar-refractivity contribution is 5.83. The summed E-state index contributed by atoms with van der Waals surface area (Å²) in [6.07, 6.45) is 1.43. The highest BCUT2D eigenvalue weighted by atomic mass is 16.5. The first kappa shape index (κ1) is 10.0. The van der Waals surface area contributed by atoms with E-state index in [2.05, 4.69) is 0 Å². The highest BCUT2D eigenvalue weighted by Gasteiger charge is 2.42. The Morgan fingerprint density at radius 2 is 2.27 bits per heavy atom. The molecule has 1 aliphatic carbocycles. The predicted octanol–water partition coefficient (Wildman–Crippen LogP) is 1.98. The van der Waals surface area contributed by atoms with Crippen molar-refractivity contribution in [2.45, 2.75) is 25.2 Å². The minimum atomic E-state index is -0.755. The molecule has 0 heterocycles. The van der Waals surface area contributed by atoms with Crippen LogP contribution >= 0.6 is 0 Å². The van der Waals surface area contributed by atoms with Crippen molar-refractivity contribution in [3.05, 3.63) is 29.3 Å². The second kappa shape index (κ2) is 3.26. The lowest BCUT2D eigenvalue weighted by Crippen LogP contribution is -2.29. The smallest absolute Gasteiger partial charge is 0.313 e. The van der Waals surface area contributed by atoms with Crippen molar-refractivity contribution in [3.63, 3.8) is 0 Å². The lowest BCUT2D eigenvalue weighted by Gasteiger charge is -2.19. The van der Waals surface area contributed by atoms with Gasteiger partial charge in [-0.25, -0.2) is 0 Å². The molecule has 1 aliphatic rings. The lowest BCUT2D eigenvalue weighted by molar-refractivity contribution is -0.143. The van der Waals surface area contributed by atoms with Crippen LogP contribution in [0.25, 0.3) is 0 Å². The molecule has 0 aromatic heterocycles. The van der Waals surface area contributed by atoms with Gasteiger partial charge in [-0.1, -0.05) is 12.1 Å². The molecule has 0 saturated heterocycles. The summed E-state index contributed by atoms with van der Waals surface area (Å²) in [4.78, 5) is 11.2. The van der Waals surface area contributed by atoms with E-state index in [1.54, 1.807) is 14.0 Å². The summed E-state index contributed by atoms with van der Waals surface area (Å²) in [7, 11) is 1.62. The quantitative estimate of drug-likeness (QED) is 0.804. The van der Waals surface area contributed by atoms with Crippen molar-refractivity contribution >= 4 is 5.97 Å². The third-order valence-electron chi connectivity index (χ3n) is 3.29. The van der Waals surface area contributed by atoms with E-state index in [-0.39, 0.29) is 0 Å². The molecule has 80 valence electrons. The Morgan fingerprint density at radius 1 is 1.53 bits per heavy atom. The molecule has 1 atom stereocenters. The number of hydrogen-bond donors (Lipinski definition) is 1.